The van der Waals surface area contributed by atoms with E-state index in [1.165, 1.54) is 27.7 Å². The molecule has 2 aliphatic rings. The van der Waals surface area contributed by atoms with E-state index >= 15 is 0 Å². The number of ether oxygens (including phenoxy) is 7. The van der Waals surface area contributed by atoms with Crippen molar-refractivity contribution in [3.05, 3.63) is 23.8 Å². The van der Waals surface area contributed by atoms with Gasteiger partial charge in [0.15, 0.2) is 18.3 Å². The molecular formula is C26H35NO11. The Morgan fingerprint density at radius 3 is 2.05 bits per heavy atom. The molecule has 3 rings (SSSR count). The summed E-state index contributed by atoms with van der Waals surface area (Å²) in [6, 6.07) is 4.95. The molecule has 2 fully saturated rings. The summed E-state index contributed by atoms with van der Waals surface area (Å²) in [5.74, 6) is -2.27. The third-order valence-corrected chi connectivity index (χ3v) is 6.32. The van der Waals surface area contributed by atoms with Crippen molar-refractivity contribution in [2.24, 2.45) is 0 Å². The van der Waals surface area contributed by atoms with Gasteiger partial charge < -0.3 is 38.9 Å². The number of hydrogen-bond acceptors (Lipinski definition) is 12. The van der Waals surface area contributed by atoms with Crippen LogP contribution in [-0.4, -0.2) is 74.2 Å². The van der Waals surface area contributed by atoms with E-state index in [4.69, 9.17) is 38.9 Å². The molecule has 0 spiro atoms. The topological polar surface area (TPSA) is 159 Å². The van der Waals surface area contributed by atoms with Gasteiger partial charge in [0.2, 0.25) is 0 Å². The third-order valence-electron chi connectivity index (χ3n) is 6.32. The highest BCUT2D eigenvalue weighted by atomic mass is 16.7. The molecule has 38 heavy (non-hydrogen) atoms. The van der Waals surface area contributed by atoms with Crippen molar-refractivity contribution < 1.29 is 52.3 Å². The van der Waals surface area contributed by atoms with Gasteiger partial charge >= 0.3 is 23.9 Å². The minimum absolute atomic E-state index is 0.101. The Bertz CT molecular complexity index is 1030. The Morgan fingerprint density at radius 1 is 0.868 bits per heavy atom. The average molecular weight is 538 g/mol. The molecule has 1 aromatic rings. The van der Waals surface area contributed by atoms with E-state index in [9.17, 15) is 19.2 Å². The van der Waals surface area contributed by atoms with Crippen LogP contribution >= 0.6 is 0 Å². The molecule has 2 unspecified atom stereocenters. The summed E-state index contributed by atoms with van der Waals surface area (Å²) in [4.78, 5) is 47.6. The van der Waals surface area contributed by atoms with Gasteiger partial charge in [-0.3, -0.25) is 19.2 Å². The Hall–Kier alpha value is -3.38. The highest BCUT2D eigenvalue weighted by Crippen LogP contribution is 2.40. The molecule has 1 aromatic carbocycles. The fourth-order valence-corrected chi connectivity index (χ4v) is 4.73. The van der Waals surface area contributed by atoms with Gasteiger partial charge in [-0.2, -0.15) is 0 Å². The van der Waals surface area contributed by atoms with Crippen LogP contribution in [0.4, 0.5) is 5.69 Å². The van der Waals surface area contributed by atoms with Crippen LogP contribution < -0.4 is 10.5 Å². The maximum absolute atomic E-state index is 12.1. The fourth-order valence-electron chi connectivity index (χ4n) is 4.73. The van der Waals surface area contributed by atoms with Crippen molar-refractivity contribution in [1.82, 2.24) is 0 Å². The standard InChI is InChI=1S/C26H35NO11/c1-13(28)33-12-22-24(34-14(2)29)26(36-16(4)31)25(35-15(3)30)23(38-22)17-6-9-20(27)21(10-17)37-19-8-7-18(11-19)32-5/h6,9-10,18-19,22-26H,7-8,11-12,27H2,1-5H3/t18?,19?,22-,23+,24-,25+,26+/m1/s1. The fraction of sp³-hybridized carbons (Fsp3) is 0.615. The van der Waals surface area contributed by atoms with Gasteiger partial charge in [-0.15, -0.1) is 0 Å². The second-order valence-corrected chi connectivity index (χ2v) is 9.33. The van der Waals surface area contributed by atoms with Crippen molar-refractivity contribution in [1.29, 1.82) is 0 Å². The predicted molar refractivity (Wildman–Crippen MR) is 131 cm³/mol. The Balaban J connectivity index is 2.00. The molecular weight excluding hydrogens is 502 g/mol. The molecule has 1 saturated carbocycles. The van der Waals surface area contributed by atoms with Crippen molar-refractivity contribution >= 4 is 29.6 Å². The highest BCUT2D eigenvalue weighted by Gasteiger charge is 2.52. The number of carbonyl (C=O) groups excluding carboxylic acids is 4. The summed E-state index contributed by atoms with van der Waals surface area (Å²) in [5, 5.41) is 0. The lowest BCUT2D eigenvalue weighted by molar-refractivity contribution is -0.254. The molecule has 12 heteroatoms. The van der Waals surface area contributed by atoms with Crippen LogP contribution in [0.5, 0.6) is 5.75 Å². The van der Waals surface area contributed by atoms with Crippen molar-refractivity contribution in [2.45, 2.75) is 89.7 Å². The number of benzene rings is 1. The van der Waals surface area contributed by atoms with Crippen LogP contribution in [0.1, 0.15) is 58.6 Å². The van der Waals surface area contributed by atoms with Gasteiger partial charge in [0.05, 0.1) is 11.8 Å². The van der Waals surface area contributed by atoms with Gasteiger partial charge in [-0.1, -0.05) is 6.07 Å². The number of carbonyl (C=O) groups is 4. The van der Waals surface area contributed by atoms with E-state index in [0.717, 1.165) is 12.8 Å². The first-order valence-electron chi connectivity index (χ1n) is 12.4. The van der Waals surface area contributed by atoms with Crippen molar-refractivity contribution in [3.8, 4) is 5.75 Å². The number of rotatable bonds is 9. The smallest absolute Gasteiger partial charge is 0.303 e. The lowest BCUT2D eigenvalue weighted by atomic mass is 9.90. The number of methoxy groups -OCH3 is 1. The summed E-state index contributed by atoms with van der Waals surface area (Å²) in [5.41, 5.74) is 7.07. The number of nitrogens with two attached hydrogens (primary N) is 1. The quantitative estimate of drug-likeness (QED) is 0.278. The summed E-state index contributed by atoms with van der Waals surface area (Å²) < 4.78 is 39.4. The highest BCUT2D eigenvalue weighted by molar-refractivity contribution is 5.69. The summed E-state index contributed by atoms with van der Waals surface area (Å²) in [7, 11) is 1.66. The molecule has 12 nitrogen and oxygen atoms in total. The minimum Gasteiger partial charge on any atom is -0.488 e. The molecule has 1 heterocycles. The largest absolute Gasteiger partial charge is 0.488 e. The molecule has 0 amide bonds. The molecule has 0 radical (unpaired) electrons. The number of nitrogen functional groups attached to an aromatic ring is 1. The molecule has 210 valence electrons. The SMILES string of the molecule is COC1CCC(Oc2cc([C@@H]3O[C@H](COC(C)=O)[C@@H](OC(C)=O)[C@H](OC(C)=O)[C@H]3OC(C)=O)ccc2N)C1. The van der Waals surface area contributed by atoms with Gasteiger partial charge in [-0.05, 0) is 30.5 Å². The van der Waals surface area contributed by atoms with Crippen LogP contribution in [-0.2, 0) is 47.6 Å². The molecule has 7 atom stereocenters. The van der Waals surface area contributed by atoms with Crippen LogP contribution in [0.2, 0.25) is 0 Å². The summed E-state index contributed by atoms with van der Waals surface area (Å²) in [6.45, 7) is 4.43. The predicted octanol–water partition coefficient (Wildman–Crippen LogP) is 2.01. The lowest BCUT2D eigenvalue weighted by Crippen LogP contribution is -2.59. The maximum atomic E-state index is 12.1. The molecule has 1 aliphatic carbocycles. The zero-order valence-electron chi connectivity index (χ0n) is 22.2. The van der Waals surface area contributed by atoms with E-state index < -0.39 is 54.4 Å². The summed E-state index contributed by atoms with van der Waals surface area (Å²) in [6.07, 6.45) is -3.42. The average Bonchev–Trinajstić information content (AvgIpc) is 3.28. The van der Waals surface area contributed by atoms with E-state index in [2.05, 4.69) is 0 Å². The second kappa shape index (κ2) is 12.9. The van der Waals surface area contributed by atoms with Crippen LogP contribution in [0, 0.1) is 0 Å². The lowest BCUT2D eigenvalue weighted by Gasteiger charge is -2.44. The van der Waals surface area contributed by atoms with E-state index in [1.54, 1.807) is 25.3 Å². The van der Waals surface area contributed by atoms with Crippen LogP contribution in [0.3, 0.4) is 0 Å². The van der Waals surface area contributed by atoms with Gasteiger partial charge in [-0.25, -0.2) is 0 Å². The molecule has 1 saturated heterocycles. The first kappa shape index (κ1) is 29.2. The monoisotopic (exact) mass is 537 g/mol. The minimum atomic E-state index is -1.26. The molecule has 1 aliphatic heterocycles. The van der Waals surface area contributed by atoms with Crippen molar-refractivity contribution in [3.63, 3.8) is 0 Å². The maximum Gasteiger partial charge on any atom is 0.303 e. The molecule has 0 bridgehead atoms. The Morgan fingerprint density at radius 2 is 1.47 bits per heavy atom. The zero-order valence-corrected chi connectivity index (χ0v) is 22.2. The Labute approximate surface area is 220 Å². The van der Waals surface area contributed by atoms with Crippen LogP contribution in [0.25, 0.3) is 0 Å². The van der Waals surface area contributed by atoms with E-state index in [1.807, 2.05) is 0 Å². The first-order valence-corrected chi connectivity index (χ1v) is 12.4. The normalized spacial score (nSPS) is 28.7. The van der Waals surface area contributed by atoms with Crippen molar-refractivity contribution in [2.75, 3.05) is 19.5 Å². The van der Waals surface area contributed by atoms with Crippen LogP contribution in [0.15, 0.2) is 18.2 Å². The number of anilines is 1. The molecule has 2 N–H and O–H groups in total. The second-order valence-electron chi connectivity index (χ2n) is 9.33. The first-order chi connectivity index (χ1) is 18.0. The molecule has 0 aromatic heterocycles. The Kier molecular flexibility index (Phi) is 9.92. The third kappa shape index (κ3) is 7.57. The number of esters is 4. The van der Waals surface area contributed by atoms with Gasteiger partial charge in [0.1, 0.15) is 30.7 Å². The van der Waals surface area contributed by atoms with Gasteiger partial charge in [0, 0.05) is 41.2 Å². The number of hydrogen-bond donors (Lipinski definition) is 1. The summed E-state index contributed by atoms with van der Waals surface area (Å²) >= 11 is 0. The van der Waals surface area contributed by atoms with E-state index in [-0.39, 0.29) is 18.8 Å². The van der Waals surface area contributed by atoms with E-state index in [0.29, 0.717) is 23.4 Å². The van der Waals surface area contributed by atoms with Gasteiger partial charge in [0.25, 0.3) is 0 Å². The zero-order chi connectivity index (χ0) is 28.0.